The molecule has 0 spiro atoms. The fraction of sp³-hybridized carbons (Fsp3) is 0. The summed E-state index contributed by atoms with van der Waals surface area (Å²) >= 11 is 0. The largest absolute Gasteiger partial charge is 0.647 e. The Morgan fingerprint density at radius 3 is 1.22 bits per heavy atom. The molecule has 0 aliphatic carbocycles. The molecule has 0 N–H and O–H groups in total. The number of hydrogen-bond acceptors (Lipinski definition) is 10. The van der Waals surface area contributed by atoms with Crippen LogP contribution in [0.4, 0.5) is 0 Å². The maximum Gasteiger partial charge on any atom is 0.647 e. The third-order valence-electron chi connectivity index (χ3n) is 5.94. The van der Waals surface area contributed by atoms with Crippen molar-refractivity contribution in [2.45, 2.75) is 0 Å². The van der Waals surface area contributed by atoms with Crippen LogP contribution >= 0.6 is 7.82 Å². The van der Waals surface area contributed by atoms with Crippen LogP contribution in [0.1, 0.15) is 22.3 Å². The van der Waals surface area contributed by atoms with Gasteiger partial charge >= 0.3 is 7.82 Å². The Kier molecular flexibility index (Phi) is 8.94. The Bertz CT molecular complexity index is 1960. The summed E-state index contributed by atoms with van der Waals surface area (Å²) in [6.45, 7) is 0. The van der Waals surface area contributed by atoms with Crippen molar-refractivity contribution in [3.05, 3.63) is 138 Å². The summed E-state index contributed by atoms with van der Waals surface area (Å²) in [5.41, 5.74) is 0.757. The van der Waals surface area contributed by atoms with E-state index in [4.69, 9.17) is 33.6 Å². The lowest BCUT2D eigenvalue weighted by Gasteiger charge is -2.20. The molecule has 45 heavy (non-hydrogen) atoms. The van der Waals surface area contributed by atoms with Crippen molar-refractivity contribution in [3.63, 3.8) is 0 Å². The van der Waals surface area contributed by atoms with Gasteiger partial charge in [0.15, 0.2) is 0 Å². The van der Waals surface area contributed by atoms with Crippen molar-refractivity contribution in [1.29, 1.82) is 21.0 Å². The number of nitrogens with zero attached hydrogens (tertiary/aromatic N) is 4. The molecule has 0 saturated carbocycles. The molecule has 0 fully saturated rings. The molecule has 0 unspecified atom stereocenters. The van der Waals surface area contributed by atoms with E-state index < -0.39 is 7.82 Å². The van der Waals surface area contributed by atoms with Gasteiger partial charge in [0, 0.05) is 12.1 Å². The summed E-state index contributed by atoms with van der Waals surface area (Å²) in [6.07, 6.45) is 0. The highest BCUT2D eigenvalue weighted by atomic mass is 31.2. The predicted octanol–water partition coefficient (Wildman–Crippen LogP) is 8.40. The SMILES string of the molecule is N#Cc1ccc(Oc2cccc(OP(=O)(Oc3ccccc3)Oc3cccc(Oc4ccc(C#N)c(C#N)c4)c3)c2)cc1C#N. The van der Waals surface area contributed by atoms with Gasteiger partial charge in [0.1, 0.15) is 64.5 Å². The van der Waals surface area contributed by atoms with Gasteiger partial charge in [-0.1, -0.05) is 30.3 Å². The normalized spacial score (nSPS) is 10.2. The maximum absolute atomic E-state index is 14.1. The van der Waals surface area contributed by atoms with Crippen molar-refractivity contribution in [1.82, 2.24) is 0 Å². The lowest BCUT2D eigenvalue weighted by atomic mass is 10.1. The average molecular weight is 611 g/mol. The second-order valence-corrected chi connectivity index (χ2v) is 10.5. The maximum atomic E-state index is 14.1. The molecule has 0 amide bonds. The molecule has 216 valence electrons. The first kappa shape index (κ1) is 29.8. The Morgan fingerprint density at radius 2 is 0.778 bits per heavy atom. The monoisotopic (exact) mass is 610 g/mol. The number of nitriles is 4. The zero-order chi connectivity index (χ0) is 31.6. The third-order valence-corrected chi connectivity index (χ3v) is 7.24. The van der Waals surface area contributed by atoms with Gasteiger partial charge in [0.2, 0.25) is 0 Å². The van der Waals surface area contributed by atoms with Crippen LogP contribution in [0.5, 0.6) is 40.2 Å². The predicted molar refractivity (Wildman–Crippen MR) is 161 cm³/mol. The molecule has 11 heteroatoms. The summed E-state index contributed by atoms with van der Waals surface area (Å²) in [5, 5.41) is 37.0. The van der Waals surface area contributed by atoms with Crippen LogP contribution < -0.4 is 23.0 Å². The molecule has 0 atom stereocenters. The first-order chi connectivity index (χ1) is 21.9. The fourth-order valence-electron chi connectivity index (χ4n) is 3.94. The van der Waals surface area contributed by atoms with Gasteiger partial charge in [0.25, 0.3) is 0 Å². The smallest absolute Gasteiger partial charge is 0.457 e. The number of rotatable bonds is 10. The Morgan fingerprint density at radius 1 is 0.400 bits per heavy atom. The molecule has 10 nitrogen and oxygen atoms in total. The van der Waals surface area contributed by atoms with Crippen LogP contribution in [0.15, 0.2) is 115 Å². The van der Waals surface area contributed by atoms with Crippen molar-refractivity contribution in [2.75, 3.05) is 0 Å². The number of hydrogen-bond donors (Lipinski definition) is 0. The molecule has 0 bridgehead atoms. The minimum absolute atomic E-state index is 0.0925. The number of para-hydroxylation sites is 1. The molecule has 0 aliphatic rings. The second-order valence-electron chi connectivity index (χ2n) is 9.05. The van der Waals surface area contributed by atoms with Gasteiger partial charge in [-0.15, -0.1) is 0 Å². The van der Waals surface area contributed by atoms with E-state index in [0.717, 1.165) is 0 Å². The van der Waals surface area contributed by atoms with Crippen LogP contribution in [0.3, 0.4) is 0 Å². The topological polar surface area (TPSA) is 158 Å². The summed E-state index contributed by atoms with van der Waals surface area (Å²) in [7, 11) is -4.41. The minimum atomic E-state index is -4.41. The van der Waals surface area contributed by atoms with E-state index in [1.807, 2.05) is 24.3 Å². The molecule has 5 rings (SSSR count). The van der Waals surface area contributed by atoms with Gasteiger partial charge in [-0.3, -0.25) is 0 Å². The van der Waals surface area contributed by atoms with Crippen LogP contribution in [0, 0.1) is 45.3 Å². The zero-order valence-corrected chi connectivity index (χ0v) is 24.0. The van der Waals surface area contributed by atoms with E-state index in [0.29, 0.717) is 23.0 Å². The molecule has 0 aliphatic heterocycles. The third kappa shape index (κ3) is 7.58. The lowest BCUT2D eigenvalue weighted by molar-refractivity contribution is 0.297. The number of ether oxygens (including phenoxy) is 2. The van der Waals surface area contributed by atoms with Crippen LogP contribution in [0.2, 0.25) is 0 Å². The highest BCUT2D eigenvalue weighted by Crippen LogP contribution is 2.50. The molecule has 0 aromatic heterocycles. The Balaban J connectivity index is 1.39. The van der Waals surface area contributed by atoms with E-state index in [9.17, 15) is 15.1 Å². The van der Waals surface area contributed by atoms with Gasteiger partial charge in [-0.2, -0.15) is 25.6 Å². The Hall–Kier alpha value is -6.71. The summed E-state index contributed by atoms with van der Waals surface area (Å²) < 4.78 is 43.1. The summed E-state index contributed by atoms with van der Waals surface area (Å²) in [6, 6.07) is 37.6. The molecular formula is C34H19N4O6P. The van der Waals surface area contributed by atoms with E-state index >= 15 is 0 Å². The van der Waals surface area contributed by atoms with Crippen molar-refractivity contribution in [2.24, 2.45) is 0 Å². The Labute approximate surface area is 258 Å². The standard InChI is InChI=1S/C34H19N4O6P/c35-20-24-12-14-31(16-26(24)22-37)40-29-8-4-10-33(18-29)43-45(39,42-28-6-2-1-3-7-28)44-34-11-5-9-30(19-34)41-32-15-13-25(21-36)27(17-32)23-38/h1-19H. The molecule has 5 aromatic rings. The van der Waals surface area contributed by atoms with Crippen LogP contribution in [-0.2, 0) is 4.57 Å². The lowest BCUT2D eigenvalue weighted by Crippen LogP contribution is -2.07. The molecular weight excluding hydrogens is 591 g/mol. The van der Waals surface area contributed by atoms with E-state index in [-0.39, 0.29) is 39.5 Å². The zero-order valence-electron chi connectivity index (χ0n) is 23.2. The number of phosphoric acid groups is 1. The highest BCUT2D eigenvalue weighted by Gasteiger charge is 2.33. The van der Waals surface area contributed by atoms with E-state index in [2.05, 4.69) is 0 Å². The number of benzene rings is 5. The second kappa shape index (κ2) is 13.5. The molecule has 0 saturated heterocycles. The quantitative estimate of drug-likeness (QED) is 0.141. The molecule has 0 radical (unpaired) electrons. The first-order valence-electron chi connectivity index (χ1n) is 13.1. The molecule has 0 heterocycles. The minimum Gasteiger partial charge on any atom is -0.457 e. The van der Waals surface area contributed by atoms with E-state index in [1.54, 1.807) is 66.7 Å². The molecule has 5 aromatic carbocycles. The average Bonchev–Trinajstić information content (AvgIpc) is 3.05. The van der Waals surface area contributed by atoms with Crippen molar-refractivity contribution < 1.29 is 27.6 Å². The van der Waals surface area contributed by atoms with Crippen molar-refractivity contribution >= 4 is 7.82 Å². The summed E-state index contributed by atoms with van der Waals surface area (Å²) in [4.78, 5) is 0. The van der Waals surface area contributed by atoms with Gasteiger partial charge in [0.05, 0.1) is 22.3 Å². The van der Waals surface area contributed by atoms with Gasteiger partial charge in [-0.05, 0) is 72.8 Å². The van der Waals surface area contributed by atoms with Gasteiger partial charge in [-0.25, -0.2) is 0 Å². The van der Waals surface area contributed by atoms with Crippen LogP contribution in [-0.4, -0.2) is 0 Å². The van der Waals surface area contributed by atoms with Gasteiger partial charge < -0.3 is 23.0 Å². The highest BCUT2D eigenvalue weighted by molar-refractivity contribution is 7.49. The fourth-order valence-corrected chi connectivity index (χ4v) is 5.17. The van der Waals surface area contributed by atoms with Crippen molar-refractivity contribution in [3.8, 4) is 64.5 Å². The first-order valence-corrected chi connectivity index (χ1v) is 14.5. The van der Waals surface area contributed by atoms with Crippen LogP contribution in [0.25, 0.3) is 0 Å². The number of phosphoric ester groups is 1. The summed E-state index contributed by atoms with van der Waals surface area (Å²) in [5.74, 6) is 1.62. The van der Waals surface area contributed by atoms with E-state index in [1.165, 1.54) is 48.5 Å².